The second kappa shape index (κ2) is 9.42. The van der Waals surface area contributed by atoms with Crippen LogP contribution in [0.4, 0.5) is 4.79 Å². The van der Waals surface area contributed by atoms with Gasteiger partial charge in [-0.2, -0.15) is 0 Å². The first-order valence-electron chi connectivity index (χ1n) is 8.18. The zero-order valence-corrected chi connectivity index (χ0v) is 14.8. The summed E-state index contributed by atoms with van der Waals surface area (Å²) >= 11 is 0. The number of nitrogens with two attached hydrogens (primary N) is 1. The summed E-state index contributed by atoms with van der Waals surface area (Å²) < 4.78 is 10.6. The highest BCUT2D eigenvalue weighted by atomic mass is 35.5. The Balaban J connectivity index is 0.00000225. The molecule has 1 aliphatic rings. The van der Waals surface area contributed by atoms with Gasteiger partial charge in [-0.3, -0.25) is 0 Å². The number of hydrogen-bond donors (Lipinski definition) is 2. The molecule has 0 saturated heterocycles. The molecule has 1 aliphatic carbocycles. The summed E-state index contributed by atoms with van der Waals surface area (Å²) in [5, 5.41) is 2.69. The van der Waals surface area contributed by atoms with Gasteiger partial charge in [0.25, 0.3) is 0 Å². The van der Waals surface area contributed by atoms with Crippen LogP contribution in [0.2, 0.25) is 0 Å². The number of rotatable bonds is 7. The number of benzene rings is 2. The summed E-state index contributed by atoms with van der Waals surface area (Å²) in [6, 6.07) is 16.5. The number of hydrogen-bond acceptors (Lipinski definition) is 4. The van der Waals surface area contributed by atoms with Crippen molar-refractivity contribution in [3.8, 4) is 11.1 Å². The SMILES string of the molecule is Cl.NCCOCCNC(=O)OCC1c2ccccc2-c2ccccc21. The van der Waals surface area contributed by atoms with Crippen LogP contribution >= 0.6 is 12.4 Å². The fourth-order valence-electron chi connectivity index (χ4n) is 3.06. The molecule has 0 saturated carbocycles. The number of carbonyl (C=O) groups is 1. The van der Waals surface area contributed by atoms with Gasteiger partial charge in [0.2, 0.25) is 0 Å². The van der Waals surface area contributed by atoms with Crippen LogP contribution in [-0.4, -0.2) is 39.0 Å². The molecule has 134 valence electrons. The first-order valence-corrected chi connectivity index (χ1v) is 8.18. The minimum Gasteiger partial charge on any atom is -0.449 e. The van der Waals surface area contributed by atoms with Crippen molar-refractivity contribution in [1.29, 1.82) is 0 Å². The minimum atomic E-state index is -0.423. The third-order valence-electron chi connectivity index (χ3n) is 4.12. The quantitative estimate of drug-likeness (QED) is 0.743. The summed E-state index contributed by atoms with van der Waals surface area (Å²) in [5.74, 6) is 0.0802. The number of ether oxygens (including phenoxy) is 2. The standard InChI is InChI=1S/C19H22N2O3.ClH/c20-9-11-23-12-10-21-19(22)24-13-18-16-7-3-1-5-14(16)15-6-2-4-8-17(15)18;/h1-8,18H,9-13,20H2,(H,21,22);1H. The molecule has 0 aliphatic heterocycles. The molecule has 0 fully saturated rings. The Morgan fingerprint density at radius 1 is 1.00 bits per heavy atom. The number of amides is 1. The van der Waals surface area contributed by atoms with Gasteiger partial charge in [-0.05, 0) is 22.3 Å². The Labute approximate surface area is 153 Å². The molecule has 3 rings (SSSR count). The van der Waals surface area contributed by atoms with E-state index in [4.69, 9.17) is 15.2 Å². The van der Waals surface area contributed by atoms with E-state index in [1.54, 1.807) is 0 Å². The zero-order valence-electron chi connectivity index (χ0n) is 13.9. The Bertz CT molecular complexity index is 663. The lowest BCUT2D eigenvalue weighted by atomic mass is 9.98. The van der Waals surface area contributed by atoms with Crippen LogP contribution in [0.3, 0.4) is 0 Å². The van der Waals surface area contributed by atoms with Gasteiger partial charge >= 0.3 is 6.09 Å². The molecule has 2 aromatic carbocycles. The van der Waals surface area contributed by atoms with E-state index in [1.165, 1.54) is 22.3 Å². The maximum absolute atomic E-state index is 11.8. The molecular formula is C19H23ClN2O3. The molecule has 2 aromatic rings. The predicted molar refractivity (Wildman–Crippen MR) is 100 cm³/mol. The molecule has 1 amide bonds. The van der Waals surface area contributed by atoms with Crippen molar-refractivity contribution in [1.82, 2.24) is 5.32 Å². The summed E-state index contributed by atoms with van der Waals surface area (Å²) in [6.07, 6.45) is -0.423. The molecule has 0 bridgehead atoms. The fraction of sp³-hybridized carbons (Fsp3) is 0.316. The first kappa shape index (κ1) is 19.2. The topological polar surface area (TPSA) is 73.6 Å². The third-order valence-corrected chi connectivity index (χ3v) is 4.12. The molecular weight excluding hydrogens is 340 g/mol. The summed E-state index contributed by atoms with van der Waals surface area (Å²) in [7, 11) is 0. The van der Waals surface area contributed by atoms with E-state index in [2.05, 4.69) is 29.6 Å². The lowest BCUT2D eigenvalue weighted by molar-refractivity contribution is 0.124. The molecule has 3 N–H and O–H groups in total. The van der Waals surface area contributed by atoms with Gasteiger partial charge in [0.15, 0.2) is 0 Å². The number of halogens is 1. The molecule has 0 spiro atoms. The average molecular weight is 363 g/mol. The Morgan fingerprint density at radius 2 is 1.60 bits per heavy atom. The molecule has 5 nitrogen and oxygen atoms in total. The van der Waals surface area contributed by atoms with Gasteiger partial charge in [-0.15, -0.1) is 12.4 Å². The molecule has 6 heteroatoms. The monoisotopic (exact) mass is 362 g/mol. The average Bonchev–Trinajstić information content (AvgIpc) is 2.94. The lowest BCUT2D eigenvalue weighted by Crippen LogP contribution is -2.29. The van der Waals surface area contributed by atoms with Crippen LogP contribution in [-0.2, 0) is 9.47 Å². The van der Waals surface area contributed by atoms with Gasteiger partial charge in [0.05, 0.1) is 13.2 Å². The van der Waals surface area contributed by atoms with Crippen LogP contribution in [0, 0.1) is 0 Å². The maximum atomic E-state index is 11.8. The number of fused-ring (bicyclic) bond motifs is 3. The highest BCUT2D eigenvalue weighted by molar-refractivity contribution is 5.85. The van der Waals surface area contributed by atoms with Crippen molar-refractivity contribution in [3.63, 3.8) is 0 Å². The van der Waals surface area contributed by atoms with Crippen molar-refractivity contribution in [2.24, 2.45) is 5.73 Å². The highest BCUT2D eigenvalue weighted by Gasteiger charge is 2.28. The predicted octanol–water partition coefficient (Wildman–Crippen LogP) is 2.92. The fourth-order valence-corrected chi connectivity index (χ4v) is 3.06. The molecule has 0 atom stereocenters. The summed E-state index contributed by atoms with van der Waals surface area (Å²) in [4.78, 5) is 11.8. The number of alkyl carbamates (subject to hydrolysis) is 1. The second-order valence-corrected chi connectivity index (χ2v) is 5.65. The van der Waals surface area contributed by atoms with Crippen LogP contribution in [0.15, 0.2) is 48.5 Å². The Hall–Kier alpha value is -2.08. The Morgan fingerprint density at radius 3 is 2.20 bits per heavy atom. The van der Waals surface area contributed by atoms with E-state index >= 15 is 0 Å². The van der Waals surface area contributed by atoms with Crippen LogP contribution in [0.25, 0.3) is 11.1 Å². The normalized spacial score (nSPS) is 12.0. The molecule has 0 unspecified atom stereocenters. The van der Waals surface area contributed by atoms with Crippen molar-refractivity contribution in [2.45, 2.75) is 5.92 Å². The van der Waals surface area contributed by atoms with E-state index in [-0.39, 0.29) is 18.3 Å². The smallest absolute Gasteiger partial charge is 0.407 e. The lowest BCUT2D eigenvalue weighted by Gasteiger charge is -2.14. The summed E-state index contributed by atoms with van der Waals surface area (Å²) in [5.41, 5.74) is 10.2. The first-order chi connectivity index (χ1) is 11.8. The molecule has 0 aromatic heterocycles. The Kier molecular flexibility index (Phi) is 7.25. The highest BCUT2D eigenvalue weighted by Crippen LogP contribution is 2.44. The van der Waals surface area contributed by atoms with Crippen LogP contribution in [0.1, 0.15) is 17.0 Å². The van der Waals surface area contributed by atoms with Crippen molar-refractivity contribution >= 4 is 18.5 Å². The molecule has 0 radical (unpaired) electrons. The van der Waals surface area contributed by atoms with Crippen LogP contribution in [0.5, 0.6) is 0 Å². The molecule has 0 heterocycles. The van der Waals surface area contributed by atoms with Crippen LogP contribution < -0.4 is 11.1 Å². The minimum absolute atomic E-state index is 0. The van der Waals surface area contributed by atoms with Gasteiger partial charge in [-0.1, -0.05) is 48.5 Å². The van der Waals surface area contributed by atoms with E-state index < -0.39 is 6.09 Å². The van der Waals surface area contributed by atoms with E-state index in [0.29, 0.717) is 32.9 Å². The third kappa shape index (κ3) is 4.51. The zero-order chi connectivity index (χ0) is 16.8. The number of carbonyl (C=O) groups excluding carboxylic acids is 1. The van der Waals surface area contributed by atoms with Gasteiger partial charge in [0.1, 0.15) is 6.61 Å². The van der Waals surface area contributed by atoms with Crippen molar-refractivity contribution in [2.75, 3.05) is 32.9 Å². The van der Waals surface area contributed by atoms with Crippen molar-refractivity contribution < 1.29 is 14.3 Å². The number of nitrogens with one attached hydrogen (secondary N) is 1. The van der Waals surface area contributed by atoms with E-state index in [9.17, 15) is 4.79 Å². The van der Waals surface area contributed by atoms with Crippen molar-refractivity contribution in [3.05, 3.63) is 59.7 Å². The van der Waals surface area contributed by atoms with Gasteiger partial charge in [0, 0.05) is 19.0 Å². The molecule has 25 heavy (non-hydrogen) atoms. The van der Waals surface area contributed by atoms with E-state index in [0.717, 1.165) is 0 Å². The van der Waals surface area contributed by atoms with Gasteiger partial charge in [-0.25, -0.2) is 4.79 Å². The second-order valence-electron chi connectivity index (χ2n) is 5.65. The largest absolute Gasteiger partial charge is 0.449 e. The summed E-state index contributed by atoms with van der Waals surface area (Å²) in [6.45, 7) is 2.14. The maximum Gasteiger partial charge on any atom is 0.407 e. The van der Waals surface area contributed by atoms with E-state index in [1.807, 2.05) is 24.3 Å². The van der Waals surface area contributed by atoms with Gasteiger partial charge < -0.3 is 20.5 Å².